The van der Waals surface area contributed by atoms with Gasteiger partial charge in [0.2, 0.25) is 10.0 Å². The van der Waals surface area contributed by atoms with Crippen molar-refractivity contribution in [1.29, 1.82) is 0 Å². The zero-order chi connectivity index (χ0) is 15.5. The minimum absolute atomic E-state index is 0.0534. The molecule has 8 heteroatoms. The average molecular weight is 302 g/mol. The van der Waals surface area contributed by atoms with E-state index >= 15 is 0 Å². The fraction of sp³-hybridized carbons (Fsp3) is 0.500. The van der Waals surface area contributed by atoms with Gasteiger partial charge < -0.3 is 5.11 Å². The molecule has 1 rings (SSSR count). The Balaban J connectivity index is 3.40. The minimum Gasteiger partial charge on any atom is -0.395 e. The Kier molecular flexibility index (Phi) is 5.21. The number of nitro groups is 1. The molecule has 1 aromatic carbocycles. The highest BCUT2D eigenvalue weighted by atomic mass is 32.2. The molecule has 20 heavy (non-hydrogen) atoms. The molecule has 0 aliphatic carbocycles. The van der Waals surface area contributed by atoms with E-state index in [0.29, 0.717) is 5.56 Å². The van der Waals surface area contributed by atoms with Crippen LogP contribution in [0.2, 0.25) is 0 Å². The largest absolute Gasteiger partial charge is 0.395 e. The monoisotopic (exact) mass is 302 g/mol. The molecule has 0 bridgehead atoms. The number of nitro benzene ring substituents is 1. The van der Waals surface area contributed by atoms with Crippen molar-refractivity contribution in [3.8, 4) is 0 Å². The van der Waals surface area contributed by atoms with Crippen LogP contribution in [-0.2, 0) is 10.0 Å². The van der Waals surface area contributed by atoms with Crippen molar-refractivity contribution in [2.45, 2.75) is 31.7 Å². The second kappa shape index (κ2) is 6.29. The van der Waals surface area contributed by atoms with E-state index in [-0.39, 0.29) is 29.8 Å². The lowest BCUT2D eigenvalue weighted by atomic mass is 10.2. The summed E-state index contributed by atoms with van der Waals surface area (Å²) in [6, 6.07) is 3.37. The molecular weight excluding hydrogens is 284 g/mol. The van der Waals surface area contributed by atoms with Crippen molar-refractivity contribution >= 4 is 15.7 Å². The molecule has 0 heterocycles. The van der Waals surface area contributed by atoms with Gasteiger partial charge >= 0.3 is 0 Å². The number of non-ortho nitro benzene ring substituents is 1. The van der Waals surface area contributed by atoms with Gasteiger partial charge in [0.05, 0.1) is 16.4 Å². The first-order valence-corrected chi connectivity index (χ1v) is 7.53. The predicted molar refractivity (Wildman–Crippen MR) is 73.9 cm³/mol. The van der Waals surface area contributed by atoms with E-state index in [1.54, 1.807) is 20.8 Å². The van der Waals surface area contributed by atoms with E-state index in [2.05, 4.69) is 0 Å². The van der Waals surface area contributed by atoms with E-state index in [1.165, 1.54) is 12.1 Å². The van der Waals surface area contributed by atoms with Gasteiger partial charge in [0.25, 0.3) is 5.69 Å². The van der Waals surface area contributed by atoms with Crippen LogP contribution in [0.4, 0.5) is 5.69 Å². The summed E-state index contributed by atoms with van der Waals surface area (Å²) in [5.74, 6) is 0. The van der Waals surface area contributed by atoms with E-state index < -0.39 is 14.9 Å². The number of rotatable bonds is 6. The van der Waals surface area contributed by atoms with Gasteiger partial charge in [-0.25, -0.2) is 8.42 Å². The summed E-state index contributed by atoms with van der Waals surface area (Å²) in [6.07, 6.45) is 0. The Labute approximate surface area is 118 Å². The summed E-state index contributed by atoms with van der Waals surface area (Å²) in [5.41, 5.74) is 0.154. The molecule has 1 N–H and O–H groups in total. The van der Waals surface area contributed by atoms with Crippen LogP contribution >= 0.6 is 0 Å². The van der Waals surface area contributed by atoms with E-state index in [9.17, 15) is 18.5 Å². The first-order chi connectivity index (χ1) is 9.21. The third-order valence-electron chi connectivity index (χ3n) is 2.87. The second-order valence-electron chi connectivity index (χ2n) is 4.64. The van der Waals surface area contributed by atoms with E-state index in [1.807, 2.05) is 0 Å². The van der Waals surface area contributed by atoms with Gasteiger partial charge in [-0.05, 0) is 26.3 Å². The highest BCUT2D eigenvalue weighted by Gasteiger charge is 2.29. The average Bonchev–Trinajstić information content (AvgIpc) is 2.35. The molecule has 7 nitrogen and oxygen atoms in total. The molecule has 0 spiro atoms. The summed E-state index contributed by atoms with van der Waals surface area (Å²) in [6.45, 7) is 4.57. The van der Waals surface area contributed by atoms with Gasteiger partial charge in [0, 0.05) is 24.7 Å². The maximum absolute atomic E-state index is 12.6. The lowest BCUT2D eigenvalue weighted by Gasteiger charge is -2.25. The maximum atomic E-state index is 12.6. The number of hydrogen-bond donors (Lipinski definition) is 1. The number of aryl methyl sites for hydroxylation is 1. The normalized spacial score (nSPS) is 12.1. The zero-order valence-electron chi connectivity index (χ0n) is 11.6. The lowest BCUT2D eigenvalue weighted by molar-refractivity contribution is -0.385. The Morgan fingerprint density at radius 1 is 1.40 bits per heavy atom. The van der Waals surface area contributed by atoms with Crippen molar-refractivity contribution < 1.29 is 18.4 Å². The smallest absolute Gasteiger partial charge is 0.270 e. The number of aliphatic hydroxyl groups excluding tert-OH is 1. The minimum atomic E-state index is -3.88. The first kappa shape index (κ1) is 16.5. The Morgan fingerprint density at radius 3 is 2.45 bits per heavy atom. The van der Waals surface area contributed by atoms with Crippen LogP contribution in [0.3, 0.4) is 0 Å². The summed E-state index contributed by atoms with van der Waals surface area (Å²) in [5, 5.41) is 19.8. The molecule has 1 aromatic rings. The van der Waals surface area contributed by atoms with E-state index in [0.717, 1.165) is 10.4 Å². The number of sulfonamides is 1. The topological polar surface area (TPSA) is 101 Å². The van der Waals surface area contributed by atoms with Crippen LogP contribution < -0.4 is 0 Å². The molecular formula is C12H18N2O5S. The van der Waals surface area contributed by atoms with Crippen LogP contribution in [0.1, 0.15) is 19.4 Å². The summed E-state index contributed by atoms with van der Waals surface area (Å²) >= 11 is 0. The van der Waals surface area contributed by atoms with Gasteiger partial charge in [0.1, 0.15) is 0 Å². The molecule has 0 saturated carbocycles. The highest BCUT2D eigenvalue weighted by Crippen LogP contribution is 2.25. The molecule has 0 amide bonds. The van der Waals surface area contributed by atoms with Crippen LogP contribution in [-0.4, -0.2) is 41.9 Å². The molecule has 0 aromatic heterocycles. The van der Waals surface area contributed by atoms with Gasteiger partial charge in [-0.3, -0.25) is 10.1 Å². The highest BCUT2D eigenvalue weighted by molar-refractivity contribution is 7.89. The van der Waals surface area contributed by atoms with Crippen molar-refractivity contribution in [2.24, 2.45) is 0 Å². The quantitative estimate of drug-likeness (QED) is 0.630. The first-order valence-electron chi connectivity index (χ1n) is 6.09. The lowest BCUT2D eigenvalue weighted by Crippen LogP contribution is -2.39. The number of aliphatic hydroxyl groups is 1. The van der Waals surface area contributed by atoms with Gasteiger partial charge in [0.15, 0.2) is 0 Å². The van der Waals surface area contributed by atoms with Crippen LogP contribution in [0.5, 0.6) is 0 Å². The maximum Gasteiger partial charge on any atom is 0.270 e. The standard InChI is InChI=1S/C12H18N2O5S/c1-9(2)13(6-7-15)20(18,19)12-8-11(14(16)17)5-4-10(12)3/h4-5,8-9,15H,6-7H2,1-3H3. The number of benzene rings is 1. The van der Waals surface area contributed by atoms with Crippen LogP contribution in [0.25, 0.3) is 0 Å². The molecule has 0 radical (unpaired) electrons. The molecule has 0 aliphatic rings. The number of hydrogen-bond acceptors (Lipinski definition) is 5. The molecule has 112 valence electrons. The zero-order valence-corrected chi connectivity index (χ0v) is 12.4. The predicted octanol–water partition coefficient (Wildman–Crippen LogP) is 1.29. The molecule has 0 atom stereocenters. The van der Waals surface area contributed by atoms with Crippen molar-refractivity contribution in [2.75, 3.05) is 13.2 Å². The Bertz CT molecular complexity index is 598. The second-order valence-corrected chi connectivity index (χ2v) is 6.50. The third kappa shape index (κ3) is 3.33. The van der Waals surface area contributed by atoms with Crippen LogP contribution in [0.15, 0.2) is 23.1 Å². The third-order valence-corrected chi connectivity index (χ3v) is 5.08. The van der Waals surface area contributed by atoms with Crippen LogP contribution in [0, 0.1) is 17.0 Å². The Hall–Kier alpha value is -1.51. The van der Waals surface area contributed by atoms with Crippen molar-refractivity contribution in [3.63, 3.8) is 0 Å². The Morgan fingerprint density at radius 2 is 2.00 bits per heavy atom. The fourth-order valence-electron chi connectivity index (χ4n) is 1.86. The van der Waals surface area contributed by atoms with E-state index in [4.69, 9.17) is 5.11 Å². The van der Waals surface area contributed by atoms with Crippen molar-refractivity contribution in [1.82, 2.24) is 4.31 Å². The van der Waals surface area contributed by atoms with Gasteiger partial charge in [-0.1, -0.05) is 6.07 Å². The molecule has 0 unspecified atom stereocenters. The van der Waals surface area contributed by atoms with Gasteiger partial charge in [-0.15, -0.1) is 0 Å². The summed E-state index contributed by atoms with van der Waals surface area (Å²) in [4.78, 5) is 10.0. The SMILES string of the molecule is Cc1ccc([N+](=O)[O-])cc1S(=O)(=O)N(CCO)C(C)C. The number of nitrogens with zero attached hydrogens (tertiary/aromatic N) is 2. The molecule has 0 fully saturated rings. The molecule has 0 aliphatic heterocycles. The van der Waals surface area contributed by atoms with Crippen molar-refractivity contribution in [3.05, 3.63) is 33.9 Å². The summed E-state index contributed by atoms with van der Waals surface area (Å²) < 4.78 is 26.2. The fourth-order valence-corrected chi connectivity index (χ4v) is 3.74. The summed E-state index contributed by atoms with van der Waals surface area (Å²) in [7, 11) is -3.88. The molecule has 0 saturated heterocycles. The van der Waals surface area contributed by atoms with Gasteiger partial charge in [-0.2, -0.15) is 4.31 Å².